The maximum atomic E-state index is 14.2. The number of pyridine rings is 1. The van der Waals surface area contributed by atoms with E-state index in [2.05, 4.69) is 17.2 Å². The zero-order valence-corrected chi connectivity index (χ0v) is 34.0. The predicted octanol–water partition coefficient (Wildman–Crippen LogP) is 8.88. The van der Waals surface area contributed by atoms with Gasteiger partial charge < -0.3 is 10.0 Å². The number of aromatic nitrogens is 1. The second kappa shape index (κ2) is 22.4. The van der Waals surface area contributed by atoms with Crippen LogP contribution >= 0.6 is 0 Å². The molecule has 11 nitrogen and oxygen atoms in total. The van der Waals surface area contributed by atoms with E-state index in [-0.39, 0.29) is 37.2 Å². The summed E-state index contributed by atoms with van der Waals surface area (Å²) in [7, 11) is -4.54. The van der Waals surface area contributed by atoms with Crippen molar-refractivity contribution in [1.29, 1.82) is 0 Å². The number of carbonyl (C=O) groups excluding carboxylic acids is 3. The molecule has 0 radical (unpaired) electrons. The Bertz CT molecular complexity index is 1840. The van der Waals surface area contributed by atoms with Gasteiger partial charge in [-0.15, -0.1) is 0 Å². The first kappa shape index (κ1) is 44.3. The van der Waals surface area contributed by atoms with Gasteiger partial charge in [0, 0.05) is 49.5 Å². The van der Waals surface area contributed by atoms with Crippen LogP contribution in [0.1, 0.15) is 145 Å². The number of hydrogen-bond acceptors (Lipinski definition) is 8. The Morgan fingerprint density at radius 2 is 1.32 bits per heavy atom. The average molecular weight is 789 g/mol. The molecule has 4 rings (SSSR count). The fourth-order valence-electron chi connectivity index (χ4n) is 7.42. The van der Waals surface area contributed by atoms with E-state index < -0.39 is 39.4 Å². The van der Waals surface area contributed by atoms with Gasteiger partial charge in [0.25, 0.3) is 15.9 Å². The standard InChI is InChI=1S/C44H60N4O7S/c1-3-5-6-7-8-9-10-11-12-13-14-15-16-23-41(50)48(40(49)20-4-2)56(54,55)39-22-18-17-21-38(39)36-26-24-35(25-27-36)34-46-44(43(52)53)30-19-33-47(44)42(51)37-28-31-45-32-29-37/h17-18,21-22,24-29,31-32,46H,3-16,19-20,23,30,33-34H2,1-2H3,(H,52,53). The summed E-state index contributed by atoms with van der Waals surface area (Å²) in [4.78, 5) is 57.9. The van der Waals surface area contributed by atoms with E-state index in [1.807, 2.05) is 0 Å². The Morgan fingerprint density at radius 1 is 0.750 bits per heavy atom. The largest absolute Gasteiger partial charge is 0.478 e. The van der Waals surface area contributed by atoms with Crippen molar-refractivity contribution in [2.75, 3.05) is 6.54 Å². The summed E-state index contributed by atoms with van der Waals surface area (Å²) >= 11 is 0. The second-order valence-electron chi connectivity index (χ2n) is 14.8. The molecule has 3 amide bonds. The number of rotatable bonds is 24. The Hall–Kier alpha value is -4.42. The molecule has 2 N–H and O–H groups in total. The van der Waals surface area contributed by atoms with Crippen LogP contribution in [0.4, 0.5) is 0 Å². The van der Waals surface area contributed by atoms with Gasteiger partial charge in [0.05, 0.1) is 4.90 Å². The highest BCUT2D eigenvalue weighted by Crippen LogP contribution is 2.32. The molecule has 3 aromatic rings. The molecule has 1 unspecified atom stereocenters. The first-order valence-electron chi connectivity index (χ1n) is 20.6. The lowest BCUT2D eigenvalue weighted by Gasteiger charge is -2.35. The number of likely N-dealkylation sites (tertiary alicyclic amines) is 1. The highest BCUT2D eigenvalue weighted by Gasteiger charge is 2.50. The van der Waals surface area contributed by atoms with Gasteiger partial charge in [0.15, 0.2) is 5.66 Å². The maximum absolute atomic E-state index is 14.2. The predicted molar refractivity (Wildman–Crippen MR) is 218 cm³/mol. The van der Waals surface area contributed by atoms with E-state index in [4.69, 9.17) is 0 Å². The molecule has 0 saturated carbocycles. The van der Waals surface area contributed by atoms with Gasteiger partial charge in [-0.1, -0.05) is 133 Å². The fraction of sp³-hybridized carbons (Fsp3) is 0.523. The quantitative estimate of drug-likeness (QED) is 0.0848. The maximum Gasteiger partial charge on any atom is 0.344 e. The number of nitrogens with zero attached hydrogens (tertiary/aromatic N) is 3. The van der Waals surface area contributed by atoms with E-state index in [9.17, 15) is 32.7 Å². The van der Waals surface area contributed by atoms with Crippen LogP contribution in [0.5, 0.6) is 0 Å². The summed E-state index contributed by atoms with van der Waals surface area (Å²) in [6.45, 7) is 4.41. The Kier molecular flexibility index (Phi) is 17.7. The molecule has 2 heterocycles. The topological polar surface area (TPSA) is 154 Å². The van der Waals surface area contributed by atoms with Crippen LogP contribution in [0.25, 0.3) is 11.1 Å². The average Bonchev–Trinajstić information content (AvgIpc) is 3.64. The molecule has 1 atom stereocenters. The lowest BCUT2D eigenvalue weighted by molar-refractivity contribution is -0.150. The number of carboxylic acid groups (broad SMARTS) is 1. The first-order valence-corrected chi connectivity index (χ1v) is 22.0. The number of carboxylic acids is 1. The minimum Gasteiger partial charge on any atom is -0.478 e. The lowest BCUT2D eigenvalue weighted by atomic mass is 10.0. The van der Waals surface area contributed by atoms with Crippen LogP contribution in [-0.4, -0.2) is 63.6 Å². The van der Waals surface area contributed by atoms with Crippen LogP contribution in [0.2, 0.25) is 0 Å². The molecular weight excluding hydrogens is 729 g/mol. The monoisotopic (exact) mass is 788 g/mol. The zero-order chi connectivity index (χ0) is 40.4. The molecular formula is C44H60N4O7S. The lowest BCUT2D eigenvalue weighted by Crippen LogP contribution is -2.62. The molecule has 56 heavy (non-hydrogen) atoms. The Morgan fingerprint density at radius 3 is 1.91 bits per heavy atom. The molecule has 12 heteroatoms. The highest BCUT2D eigenvalue weighted by molar-refractivity contribution is 7.90. The number of benzene rings is 2. The molecule has 1 fully saturated rings. The van der Waals surface area contributed by atoms with Crippen molar-refractivity contribution in [1.82, 2.24) is 19.5 Å². The molecule has 304 valence electrons. The summed E-state index contributed by atoms with van der Waals surface area (Å²) in [5, 5.41) is 13.4. The van der Waals surface area contributed by atoms with Crippen LogP contribution in [0, 0.1) is 0 Å². The van der Waals surface area contributed by atoms with Crippen LogP contribution in [0.3, 0.4) is 0 Å². The smallest absolute Gasteiger partial charge is 0.344 e. The van der Waals surface area contributed by atoms with Crippen molar-refractivity contribution in [2.45, 2.75) is 147 Å². The number of hydrogen-bond donors (Lipinski definition) is 2. The van der Waals surface area contributed by atoms with E-state index in [0.717, 1.165) is 25.7 Å². The number of sulfonamides is 1. The van der Waals surface area contributed by atoms with Crippen LogP contribution in [0.15, 0.2) is 78.0 Å². The summed E-state index contributed by atoms with van der Waals surface area (Å²) in [5.74, 6) is -3.00. The molecule has 0 bridgehead atoms. The van der Waals surface area contributed by atoms with E-state index in [1.54, 1.807) is 61.5 Å². The summed E-state index contributed by atoms with van der Waals surface area (Å²) in [5.41, 5.74) is 0.340. The van der Waals surface area contributed by atoms with Crippen molar-refractivity contribution in [2.24, 2.45) is 0 Å². The van der Waals surface area contributed by atoms with Crippen LogP contribution < -0.4 is 5.32 Å². The summed E-state index contributed by atoms with van der Waals surface area (Å²) in [6, 6.07) is 16.4. The van der Waals surface area contributed by atoms with Gasteiger partial charge in [-0.25, -0.2) is 13.2 Å². The fourth-order valence-corrected chi connectivity index (χ4v) is 9.05. The highest BCUT2D eigenvalue weighted by atomic mass is 32.2. The third-order valence-electron chi connectivity index (χ3n) is 10.6. The van der Waals surface area contributed by atoms with Gasteiger partial charge in [-0.05, 0) is 55.0 Å². The van der Waals surface area contributed by atoms with Crippen molar-refractivity contribution >= 4 is 33.7 Å². The third-order valence-corrected chi connectivity index (χ3v) is 12.4. The Balaban J connectivity index is 1.39. The van der Waals surface area contributed by atoms with E-state index >= 15 is 0 Å². The van der Waals surface area contributed by atoms with Crippen molar-refractivity contribution in [3.8, 4) is 11.1 Å². The second-order valence-corrected chi connectivity index (χ2v) is 16.6. The van der Waals surface area contributed by atoms with E-state index in [1.165, 1.54) is 74.7 Å². The summed E-state index contributed by atoms with van der Waals surface area (Å²) in [6.07, 6.45) is 18.8. The number of imide groups is 1. The number of nitrogens with one attached hydrogen (secondary N) is 1. The van der Waals surface area contributed by atoms with E-state index in [0.29, 0.717) is 45.8 Å². The zero-order valence-electron chi connectivity index (χ0n) is 33.2. The molecule has 1 aromatic heterocycles. The molecule has 0 aliphatic carbocycles. The number of unbranched alkanes of at least 4 members (excludes halogenated alkanes) is 12. The van der Waals surface area contributed by atoms with Crippen LogP contribution in [-0.2, 0) is 31.0 Å². The first-order chi connectivity index (χ1) is 27.1. The van der Waals surface area contributed by atoms with Gasteiger partial charge >= 0.3 is 5.97 Å². The summed E-state index contributed by atoms with van der Waals surface area (Å²) < 4.78 is 28.9. The molecule has 1 aliphatic rings. The number of carbonyl (C=O) groups is 4. The van der Waals surface area contributed by atoms with Gasteiger partial charge in [-0.2, -0.15) is 4.31 Å². The Labute approximate surface area is 333 Å². The van der Waals surface area contributed by atoms with Gasteiger partial charge in [0.2, 0.25) is 11.8 Å². The molecule has 2 aromatic carbocycles. The third kappa shape index (κ3) is 11.8. The minimum absolute atomic E-state index is 0.0281. The SMILES string of the molecule is CCCCCCCCCCCCCCCC(=O)N(C(=O)CCC)S(=O)(=O)c1ccccc1-c1ccc(CNC2(C(=O)O)CCCN2C(=O)c2ccncc2)cc1. The van der Waals surface area contributed by atoms with Gasteiger partial charge in [0.1, 0.15) is 0 Å². The number of amides is 3. The normalized spacial score (nSPS) is 15.5. The molecule has 0 spiro atoms. The number of aliphatic carboxylic acids is 1. The van der Waals surface area contributed by atoms with Gasteiger partial charge in [-0.3, -0.25) is 24.7 Å². The van der Waals surface area contributed by atoms with Crippen molar-refractivity contribution < 1.29 is 32.7 Å². The minimum atomic E-state index is -4.54. The van der Waals surface area contributed by atoms with Crippen molar-refractivity contribution in [3.05, 3.63) is 84.2 Å². The van der Waals surface area contributed by atoms with Crippen molar-refractivity contribution in [3.63, 3.8) is 0 Å². The molecule has 1 aliphatic heterocycles. The molecule has 1 saturated heterocycles.